The Morgan fingerprint density at radius 1 is 1.12 bits per heavy atom. The molecule has 1 aliphatic heterocycles. The number of anilines is 1. The van der Waals surface area contributed by atoms with Crippen LogP contribution in [0.3, 0.4) is 0 Å². The molecule has 0 spiro atoms. The van der Waals surface area contributed by atoms with Crippen LogP contribution in [-0.4, -0.2) is 52.7 Å². The predicted molar refractivity (Wildman–Crippen MR) is 132 cm³/mol. The molecule has 1 aliphatic rings. The Labute approximate surface area is 199 Å². The number of benzene rings is 2. The third-order valence-electron chi connectivity index (χ3n) is 5.62. The minimum absolute atomic E-state index is 0.00554. The molecule has 2 aromatic carbocycles. The van der Waals surface area contributed by atoms with Gasteiger partial charge in [-0.25, -0.2) is 0 Å². The van der Waals surface area contributed by atoms with Gasteiger partial charge in [-0.1, -0.05) is 67.6 Å². The summed E-state index contributed by atoms with van der Waals surface area (Å²) in [6.45, 7) is 7.08. The largest absolute Gasteiger partial charge is 0.378 e. The van der Waals surface area contributed by atoms with Crippen LogP contribution in [0.25, 0.3) is 5.69 Å². The maximum absolute atomic E-state index is 12.9. The highest BCUT2D eigenvalue weighted by atomic mass is 32.2. The molecule has 0 bridgehead atoms. The Morgan fingerprint density at radius 3 is 2.64 bits per heavy atom. The number of amides is 1. The van der Waals surface area contributed by atoms with Crippen LogP contribution in [-0.2, 0) is 9.53 Å². The van der Waals surface area contributed by atoms with Gasteiger partial charge < -0.3 is 15.0 Å². The van der Waals surface area contributed by atoms with Crippen LogP contribution < -0.4 is 10.2 Å². The van der Waals surface area contributed by atoms with Crippen LogP contribution in [0.5, 0.6) is 0 Å². The van der Waals surface area contributed by atoms with Crippen molar-refractivity contribution >= 4 is 23.6 Å². The fraction of sp³-hybridized carbons (Fsp3) is 0.400. The van der Waals surface area contributed by atoms with Crippen LogP contribution in [0.2, 0.25) is 0 Å². The molecule has 4 rings (SSSR count). The van der Waals surface area contributed by atoms with E-state index in [-0.39, 0.29) is 17.7 Å². The van der Waals surface area contributed by atoms with Gasteiger partial charge in [-0.05, 0) is 36.6 Å². The van der Waals surface area contributed by atoms with Gasteiger partial charge in [-0.2, -0.15) is 0 Å². The van der Waals surface area contributed by atoms with Crippen LogP contribution in [0.4, 0.5) is 5.95 Å². The summed E-state index contributed by atoms with van der Waals surface area (Å²) in [5.41, 5.74) is 3.29. The summed E-state index contributed by atoms with van der Waals surface area (Å²) in [5.74, 6) is 1.06. The summed E-state index contributed by atoms with van der Waals surface area (Å²) in [5, 5.41) is 12.9. The van der Waals surface area contributed by atoms with Crippen LogP contribution in [0.1, 0.15) is 36.9 Å². The van der Waals surface area contributed by atoms with Crippen molar-refractivity contribution in [2.45, 2.75) is 37.9 Å². The molecule has 0 saturated carbocycles. The lowest BCUT2D eigenvalue weighted by atomic mass is 10.0. The molecule has 1 N–H and O–H groups in total. The Balaban J connectivity index is 1.51. The molecule has 8 heteroatoms. The SMILES string of the molecule is CCCC(NC(=O)CSc1nnc(N2CCOCC2)n1-c1cccc(C)c1)c1ccccc1. The highest BCUT2D eigenvalue weighted by Crippen LogP contribution is 2.28. The fourth-order valence-corrected chi connectivity index (χ4v) is 4.74. The zero-order chi connectivity index (χ0) is 23.0. The van der Waals surface area contributed by atoms with E-state index < -0.39 is 0 Å². The number of morpholine rings is 1. The van der Waals surface area contributed by atoms with Gasteiger partial charge in [0.1, 0.15) is 0 Å². The standard InChI is InChI=1S/C25H31N5O2S/c1-3-8-22(20-10-5-4-6-11-20)26-23(31)18-33-25-28-27-24(29-13-15-32-16-14-29)30(25)21-12-7-9-19(2)17-21/h4-7,9-12,17,22H,3,8,13-16,18H2,1-2H3,(H,26,31). The van der Waals surface area contributed by atoms with E-state index in [0.717, 1.165) is 48.7 Å². The van der Waals surface area contributed by atoms with Gasteiger partial charge in [0.2, 0.25) is 11.9 Å². The van der Waals surface area contributed by atoms with E-state index in [0.29, 0.717) is 18.4 Å². The second-order valence-electron chi connectivity index (χ2n) is 8.16. The van der Waals surface area contributed by atoms with E-state index in [1.807, 2.05) is 24.3 Å². The van der Waals surface area contributed by atoms with Crippen molar-refractivity contribution in [3.05, 3.63) is 65.7 Å². The van der Waals surface area contributed by atoms with Gasteiger partial charge in [0, 0.05) is 13.1 Å². The summed E-state index contributed by atoms with van der Waals surface area (Å²) >= 11 is 1.42. The van der Waals surface area contributed by atoms with Gasteiger partial charge >= 0.3 is 0 Å². The number of nitrogens with zero attached hydrogens (tertiary/aromatic N) is 4. The van der Waals surface area contributed by atoms with E-state index in [1.54, 1.807) is 0 Å². The number of thioether (sulfide) groups is 1. The number of carbonyl (C=O) groups excluding carboxylic acids is 1. The monoisotopic (exact) mass is 465 g/mol. The molecule has 1 amide bonds. The van der Waals surface area contributed by atoms with Crippen molar-refractivity contribution in [2.75, 3.05) is 37.0 Å². The fourth-order valence-electron chi connectivity index (χ4n) is 3.98. The summed E-state index contributed by atoms with van der Waals surface area (Å²) in [6.07, 6.45) is 1.90. The normalized spacial score (nSPS) is 14.8. The molecule has 1 aromatic heterocycles. The van der Waals surface area contributed by atoms with Gasteiger partial charge in [0.15, 0.2) is 5.16 Å². The van der Waals surface area contributed by atoms with E-state index in [1.165, 1.54) is 11.8 Å². The molecule has 174 valence electrons. The Kier molecular flexibility index (Phi) is 8.01. The second kappa shape index (κ2) is 11.3. The lowest BCUT2D eigenvalue weighted by Crippen LogP contribution is -2.37. The van der Waals surface area contributed by atoms with Gasteiger partial charge in [0.25, 0.3) is 0 Å². The number of nitrogens with one attached hydrogen (secondary N) is 1. The van der Waals surface area contributed by atoms with Crippen molar-refractivity contribution in [3.63, 3.8) is 0 Å². The summed E-state index contributed by atoms with van der Waals surface area (Å²) in [4.78, 5) is 15.1. The predicted octanol–water partition coefficient (Wildman–Crippen LogP) is 4.16. The van der Waals surface area contributed by atoms with Crippen molar-refractivity contribution in [3.8, 4) is 5.69 Å². The third-order valence-corrected chi connectivity index (χ3v) is 6.55. The number of ether oxygens (including phenoxy) is 1. The highest BCUT2D eigenvalue weighted by molar-refractivity contribution is 7.99. The van der Waals surface area contributed by atoms with Crippen molar-refractivity contribution < 1.29 is 9.53 Å². The molecule has 0 radical (unpaired) electrons. The second-order valence-corrected chi connectivity index (χ2v) is 9.11. The molecule has 2 heterocycles. The van der Waals surface area contributed by atoms with Gasteiger partial charge in [-0.15, -0.1) is 10.2 Å². The first-order valence-electron chi connectivity index (χ1n) is 11.5. The van der Waals surface area contributed by atoms with Crippen LogP contribution >= 0.6 is 11.8 Å². The van der Waals surface area contributed by atoms with Crippen molar-refractivity contribution in [1.82, 2.24) is 20.1 Å². The molecule has 1 saturated heterocycles. The summed E-state index contributed by atoms with van der Waals surface area (Å²) in [6, 6.07) is 18.4. The van der Waals surface area contributed by atoms with E-state index in [9.17, 15) is 4.79 Å². The molecule has 1 unspecified atom stereocenters. The zero-order valence-corrected chi connectivity index (χ0v) is 20.1. The Morgan fingerprint density at radius 2 is 1.91 bits per heavy atom. The van der Waals surface area contributed by atoms with Gasteiger partial charge in [-0.3, -0.25) is 9.36 Å². The highest BCUT2D eigenvalue weighted by Gasteiger charge is 2.23. The van der Waals surface area contributed by atoms with Crippen LogP contribution in [0, 0.1) is 6.92 Å². The molecule has 1 fully saturated rings. The first-order valence-corrected chi connectivity index (χ1v) is 12.5. The van der Waals surface area contributed by atoms with E-state index in [4.69, 9.17) is 4.74 Å². The maximum Gasteiger partial charge on any atom is 0.232 e. The van der Waals surface area contributed by atoms with Crippen molar-refractivity contribution in [1.29, 1.82) is 0 Å². The molecular formula is C25H31N5O2S. The molecule has 33 heavy (non-hydrogen) atoms. The van der Waals surface area contributed by atoms with E-state index >= 15 is 0 Å². The molecule has 7 nitrogen and oxygen atoms in total. The first kappa shape index (κ1) is 23.3. The van der Waals surface area contributed by atoms with Crippen LogP contribution in [0.15, 0.2) is 59.8 Å². The number of rotatable bonds is 9. The van der Waals surface area contributed by atoms with Crippen molar-refractivity contribution in [2.24, 2.45) is 0 Å². The molecular weight excluding hydrogens is 434 g/mol. The number of hydrogen-bond acceptors (Lipinski definition) is 6. The zero-order valence-electron chi connectivity index (χ0n) is 19.2. The minimum Gasteiger partial charge on any atom is -0.378 e. The number of aryl methyl sites for hydroxylation is 1. The maximum atomic E-state index is 12.9. The number of carbonyl (C=O) groups is 1. The van der Waals surface area contributed by atoms with E-state index in [2.05, 4.69) is 69.2 Å². The topological polar surface area (TPSA) is 72.3 Å². The number of aromatic nitrogens is 3. The number of hydrogen-bond donors (Lipinski definition) is 1. The molecule has 1 atom stereocenters. The third kappa shape index (κ3) is 5.94. The van der Waals surface area contributed by atoms with Gasteiger partial charge in [0.05, 0.1) is 30.7 Å². The average Bonchev–Trinajstić information content (AvgIpc) is 3.28. The average molecular weight is 466 g/mol. The Bertz CT molecular complexity index is 1050. The minimum atomic E-state index is -0.00554. The quantitative estimate of drug-likeness (QED) is 0.479. The summed E-state index contributed by atoms with van der Waals surface area (Å²) in [7, 11) is 0. The molecule has 0 aliphatic carbocycles. The summed E-state index contributed by atoms with van der Waals surface area (Å²) < 4.78 is 7.56. The first-order chi connectivity index (χ1) is 16.2. The molecule has 3 aromatic rings. The lowest BCUT2D eigenvalue weighted by Gasteiger charge is -2.28. The Hall–Kier alpha value is -2.84. The lowest BCUT2D eigenvalue weighted by molar-refractivity contribution is -0.119. The smallest absolute Gasteiger partial charge is 0.232 e.